The molecule has 0 bridgehead atoms. The van der Waals surface area contributed by atoms with Gasteiger partial charge in [0.15, 0.2) is 5.96 Å². The number of non-ortho nitro benzene ring substituents is 1. The van der Waals surface area contributed by atoms with Gasteiger partial charge in [-0.25, -0.2) is 4.99 Å². The van der Waals surface area contributed by atoms with Gasteiger partial charge in [0.1, 0.15) is 5.75 Å². The van der Waals surface area contributed by atoms with Crippen LogP contribution in [0.25, 0.3) is 0 Å². The van der Waals surface area contributed by atoms with E-state index in [1.54, 1.807) is 19.2 Å². The molecule has 1 fully saturated rings. The second kappa shape index (κ2) is 14.0. The maximum absolute atomic E-state index is 10.9. The van der Waals surface area contributed by atoms with Crippen LogP contribution in [0, 0.1) is 10.1 Å². The molecule has 0 atom stereocenters. The second-order valence-corrected chi connectivity index (χ2v) is 8.05. The van der Waals surface area contributed by atoms with Gasteiger partial charge >= 0.3 is 0 Å². The Morgan fingerprint density at radius 1 is 1.12 bits per heavy atom. The lowest BCUT2D eigenvalue weighted by Crippen LogP contribution is -2.48. The van der Waals surface area contributed by atoms with Gasteiger partial charge < -0.3 is 20.3 Å². The number of hydrogen-bond donors (Lipinski definition) is 2. The smallest absolute Gasteiger partial charge is 0.269 e. The summed E-state index contributed by atoms with van der Waals surface area (Å²) in [5, 5.41) is 17.9. The van der Waals surface area contributed by atoms with Crippen molar-refractivity contribution in [3.8, 4) is 5.75 Å². The first-order valence-electron chi connectivity index (χ1n) is 11.2. The van der Waals surface area contributed by atoms with Gasteiger partial charge in [-0.05, 0) is 49.1 Å². The highest BCUT2D eigenvalue weighted by Crippen LogP contribution is 2.14. The highest BCUT2D eigenvalue weighted by Gasteiger charge is 2.19. The van der Waals surface area contributed by atoms with Crippen LogP contribution in [0.5, 0.6) is 5.75 Å². The molecule has 3 rings (SSSR count). The van der Waals surface area contributed by atoms with Gasteiger partial charge in [0.2, 0.25) is 0 Å². The van der Waals surface area contributed by atoms with Crippen LogP contribution in [0.2, 0.25) is 0 Å². The van der Waals surface area contributed by atoms with E-state index in [1.807, 2.05) is 24.3 Å². The zero-order valence-corrected chi connectivity index (χ0v) is 21.7. The number of nitrogens with one attached hydrogen (secondary N) is 2. The molecule has 0 aliphatic carbocycles. The minimum atomic E-state index is -0.384. The Hall–Kier alpha value is -2.40. The van der Waals surface area contributed by atoms with E-state index in [0.717, 1.165) is 55.3 Å². The average Bonchev–Trinajstić information content (AvgIpc) is 2.82. The number of rotatable bonds is 9. The molecule has 0 spiro atoms. The van der Waals surface area contributed by atoms with E-state index < -0.39 is 0 Å². The van der Waals surface area contributed by atoms with Gasteiger partial charge in [-0.2, -0.15) is 0 Å². The number of ether oxygens (including phenoxy) is 1. The van der Waals surface area contributed by atoms with Crippen LogP contribution in [0.3, 0.4) is 0 Å². The fourth-order valence-corrected chi connectivity index (χ4v) is 3.79. The first kappa shape index (κ1) is 26.8. The summed E-state index contributed by atoms with van der Waals surface area (Å²) in [6.07, 6.45) is 3.35. The van der Waals surface area contributed by atoms with Crippen LogP contribution >= 0.6 is 24.0 Å². The SMILES string of the molecule is CCCN1CCC(NC(=NCc2ccc(OC)cc2)NCc2ccc([N+](=O)[O-])cc2)CC1.I. The van der Waals surface area contributed by atoms with Gasteiger partial charge in [-0.3, -0.25) is 10.1 Å². The number of nitrogens with zero attached hydrogens (tertiary/aromatic N) is 3. The van der Waals surface area contributed by atoms with Gasteiger partial charge in [-0.15, -0.1) is 24.0 Å². The van der Waals surface area contributed by atoms with Gasteiger partial charge in [0, 0.05) is 37.8 Å². The van der Waals surface area contributed by atoms with Crippen molar-refractivity contribution >= 4 is 35.6 Å². The lowest BCUT2D eigenvalue weighted by Gasteiger charge is -2.32. The lowest BCUT2D eigenvalue weighted by molar-refractivity contribution is -0.384. The van der Waals surface area contributed by atoms with Crippen LogP contribution < -0.4 is 15.4 Å². The molecule has 9 heteroatoms. The van der Waals surface area contributed by atoms with Crippen molar-refractivity contribution in [2.24, 2.45) is 4.99 Å². The monoisotopic (exact) mass is 567 g/mol. The number of methoxy groups -OCH3 is 1. The predicted octanol–water partition coefficient (Wildman–Crippen LogP) is 4.33. The molecule has 1 aliphatic heterocycles. The molecule has 1 saturated heterocycles. The number of aliphatic imine (C=N–C) groups is 1. The Bertz CT molecular complexity index is 882. The lowest BCUT2D eigenvalue weighted by atomic mass is 10.1. The first-order valence-corrected chi connectivity index (χ1v) is 11.2. The molecular weight excluding hydrogens is 533 g/mol. The normalized spacial score (nSPS) is 14.9. The summed E-state index contributed by atoms with van der Waals surface area (Å²) in [5.74, 6) is 1.58. The third-order valence-electron chi connectivity index (χ3n) is 5.65. The standard InChI is InChI=1S/C24H33N5O3.HI/c1-3-14-28-15-12-21(13-16-28)27-24(26-18-20-6-10-23(32-2)11-7-20)25-17-19-4-8-22(9-5-19)29(30)31;/h4-11,21H,3,12-18H2,1-2H3,(H2,25,26,27);1H. The average molecular weight is 567 g/mol. The Kier molecular flexibility index (Phi) is 11.4. The summed E-state index contributed by atoms with van der Waals surface area (Å²) in [5.41, 5.74) is 2.16. The van der Waals surface area contributed by atoms with Crippen LogP contribution in [0.4, 0.5) is 5.69 Å². The Labute approximate surface area is 213 Å². The maximum atomic E-state index is 10.9. The number of guanidine groups is 1. The van der Waals surface area contributed by atoms with E-state index in [0.29, 0.717) is 19.1 Å². The van der Waals surface area contributed by atoms with Crippen LogP contribution in [-0.2, 0) is 13.1 Å². The van der Waals surface area contributed by atoms with Crippen molar-refractivity contribution in [1.29, 1.82) is 0 Å². The maximum Gasteiger partial charge on any atom is 0.269 e. The molecule has 0 saturated carbocycles. The summed E-state index contributed by atoms with van der Waals surface area (Å²) < 4.78 is 5.23. The Morgan fingerprint density at radius 3 is 2.33 bits per heavy atom. The largest absolute Gasteiger partial charge is 0.497 e. The Balaban J connectivity index is 0.00000385. The summed E-state index contributed by atoms with van der Waals surface area (Å²) >= 11 is 0. The summed E-state index contributed by atoms with van der Waals surface area (Å²) in [6.45, 7) is 6.66. The quantitative estimate of drug-likeness (QED) is 0.154. The molecule has 0 amide bonds. The molecule has 8 nitrogen and oxygen atoms in total. The Morgan fingerprint density at radius 2 is 1.76 bits per heavy atom. The molecule has 0 unspecified atom stereocenters. The number of benzene rings is 2. The van der Waals surface area contributed by atoms with Gasteiger partial charge in [0.25, 0.3) is 5.69 Å². The third-order valence-corrected chi connectivity index (χ3v) is 5.65. The molecule has 0 aromatic heterocycles. The summed E-state index contributed by atoms with van der Waals surface area (Å²) in [7, 11) is 1.66. The minimum absolute atomic E-state index is 0. The topological polar surface area (TPSA) is 92.0 Å². The molecule has 0 radical (unpaired) electrons. The van der Waals surface area contributed by atoms with E-state index in [-0.39, 0.29) is 34.6 Å². The van der Waals surface area contributed by atoms with Crippen molar-refractivity contribution in [2.75, 3.05) is 26.7 Å². The first-order chi connectivity index (χ1) is 15.6. The minimum Gasteiger partial charge on any atom is -0.497 e. The van der Waals surface area contributed by atoms with Crippen LogP contribution in [0.1, 0.15) is 37.3 Å². The van der Waals surface area contributed by atoms with Crippen LogP contribution in [0.15, 0.2) is 53.5 Å². The molecule has 2 aromatic rings. The van der Waals surface area contributed by atoms with Crippen molar-refractivity contribution in [1.82, 2.24) is 15.5 Å². The van der Waals surface area contributed by atoms with Crippen molar-refractivity contribution in [3.05, 3.63) is 69.8 Å². The van der Waals surface area contributed by atoms with Gasteiger partial charge in [-0.1, -0.05) is 31.2 Å². The predicted molar refractivity (Wildman–Crippen MR) is 142 cm³/mol. The molecular formula is C24H34IN5O3. The molecule has 2 aromatic carbocycles. The second-order valence-electron chi connectivity index (χ2n) is 8.05. The van der Waals surface area contributed by atoms with Crippen LogP contribution in [-0.4, -0.2) is 48.6 Å². The summed E-state index contributed by atoms with van der Waals surface area (Å²) in [4.78, 5) is 17.8. The number of halogens is 1. The summed E-state index contributed by atoms with van der Waals surface area (Å²) in [6, 6.07) is 14.9. The third kappa shape index (κ3) is 8.81. The number of hydrogen-bond acceptors (Lipinski definition) is 5. The van der Waals surface area contributed by atoms with E-state index >= 15 is 0 Å². The number of likely N-dealkylation sites (tertiary alicyclic amines) is 1. The number of nitro groups is 1. The van der Waals surface area contributed by atoms with Crippen molar-refractivity contribution in [2.45, 2.75) is 45.3 Å². The number of piperidine rings is 1. The van der Waals surface area contributed by atoms with E-state index in [1.165, 1.54) is 18.6 Å². The molecule has 2 N–H and O–H groups in total. The zero-order chi connectivity index (χ0) is 22.8. The van der Waals surface area contributed by atoms with Gasteiger partial charge in [0.05, 0.1) is 18.6 Å². The highest BCUT2D eigenvalue weighted by molar-refractivity contribution is 14.0. The van der Waals surface area contributed by atoms with Crippen molar-refractivity contribution in [3.63, 3.8) is 0 Å². The fourth-order valence-electron chi connectivity index (χ4n) is 3.79. The molecule has 180 valence electrons. The van der Waals surface area contributed by atoms with E-state index in [2.05, 4.69) is 22.5 Å². The molecule has 1 heterocycles. The number of nitro benzene ring substituents is 1. The molecule has 33 heavy (non-hydrogen) atoms. The fraction of sp³-hybridized carbons (Fsp3) is 0.458. The molecule has 1 aliphatic rings. The highest BCUT2D eigenvalue weighted by atomic mass is 127. The van der Waals surface area contributed by atoms with E-state index in [4.69, 9.17) is 9.73 Å². The zero-order valence-electron chi connectivity index (χ0n) is 19.3. The van der Waals surface area contributed by atoms with E-state index in [9.17, 15) is 10.1 Å². The van der Waals surface area contributed by atoms with Crippen molar-refractivity contribution < 1.29 is 9.66 Å².